The third-order valence-electron chi connectivity index (χ3n) is 7.89. The van der Waals surface area contributed by atoms with E-state index in [9.17, 15) is 27.6 Å². The predicted octanol–water partition coefficient (Wildman–Crippen LogP) is 4.69. The molecule has 1 aliphatic carbocycles. The summed E-state index contributed by atoms with van der Waals surface area (Å²) >= 11 is 0. The van der Waals surface area contributed by atoms with Crippen LogP contribution in [0, 0.1) is 11.8 Å². The highest BCUT2D eigenvalue weighted by atomic mass is 19.4. The van der Waals surface area contributed by atoms with Crippen LogP contribution in [0.3, 0.4) is 0 Å². The number of halogens is 4. The number of hydrogen-bond donors (Lipinski definition) is 3. The van der Waals surface area contributed by atoms with Crippen molar-refractivity contribution < 1.29 is 36.7 Å². The Morgan fingerprint density at radius 3 is 2.40 bits per heavy atom. The van der Waals surface area contributed by atoms with Gasteiger partial charge in [0.2, 0.25) is 12.1 Å². The topological polar surface area (TPSA) is 113 Å². The monoisotopic (exact) mass is 593 g/mol. The summed E-state index contributed by atoms with van der Waals surface area (Å²) < 4.78 is 60.0. The molecule has 1 saturated heterocycles. The van der Waals surface area contributed by atoms with E-state index in [0.717, 1.165) is 17.7 Å². The number of pyridine rings is 1. The number of methoxy groups -OCH3 is 1. The zero-order chi connectivity index (χ0) is 30.4. The molecule has 0 spiro atoms. The first-order valence-electron chi connectivity index (χ1n) is 13.9. The maximum Gasteiger partial charge on any atom is 0.410 e. The van der Waals surface area contributed by atoms with Gasteiger partial charge >= 0.3 is 12.2 Å². The molecule has 1 aliphatic heterocycles. The third-order valence-corrected chi connectivity index (χ3v) is 7.89. The molecular formula is C29H35F4N5O4. The molecule has 1 aromatic carbocycles. The van der Waals surface area contributed by atoms with Crippen molar-refractivity contribution in [3.63, 3.8) is 0 Å². The highest BCUT2D eigenvalue weighted by Gasteiger charge is 2.48. The van der Waals surface area contributed by atoms with Crippen LogP contribution in [0.1, 0.15) is 55.9 Å². The molecule has 0 bridgehead atoms. The van der Waals surface area contributed by atoms with Gasteiger partial charge in [-0.1, -0.05) is 50.1 Å². The number of ether oxygens (including phenoxy) is 1. The normalized spacial score (nSPS) is 23.0. The molecule has 2 heterocycles. The Hall–Kier alpha value is -3.74. The lowest BCUT2D eigenvalue weighted by Gasteiger charge is -2.32. The van der Waals surface area contributed by atoms with Crippen LogP contribution in [-0.4, -0.2) is 66.3 Å². The molecule has 42 heavy (non-hydrogen) atoms. The molecule has 228 valence electrons. The molecule has 3 N–H and O–H groups in total. The summed E-state index contributed by atoms with van der Waals surface area (Å²) in [7, 11) is 1.36. The van der Waals surface area contributed by atoms with E-state index in [0.29, 0.717) is 24.3 Å². The van der Waals surface area contributed by atoms with Gasteiger partial charge in [0.05, 0.1) is 19.2 Å². The number of anilines is 1. The Bertz CT molecular complexity index is 1240. The van der Waals surface area contributed by atoms with Crippen molar-refractivity contribution in [3.8, 4) is 0 Å². The van der Waals surface area contributed by atoms with Crippen LogP contribution in [0.15, 0.2) is 48.7 Å². The molecule has 2 unspecified atom stereocenters. The third kappa shape index (κ3) is 7.55. The Morgan fingerprint density at radius 1 is 1.10 bits per heavy atom. The summed E-state index contributed by atoms with van der Waals surface area (Å²) in [4.78, 5) is 44.1. The second kappa shape index (κ2) is 13.5. The highest BCUT2D eigenvalue weighted by molar-refractivity contribution is 5.97. The van der Waals surface area contributed by atoms with Crippen molar-refractivity contribution in [1.82, 2.24) is 20.5 Å². The Morgan fingerprint density at radius 2 is 1.79 bits per heavy atom. The molecule has 1 saturated carbocycles. The standard InChI is InChI=1S/C29H35F4N5O4/c1-17-8-10-19(11-9-17)25(37-26(39)24(30)18-6-4-3-5-7-18)27(40)36-23-14-20(12-13-34-23)21(16-42-2)38-15-22(29(31,32)33)35-28(38)41/h3-7,12-14,17,19,21-22,24-25H,8-11,15-16H2,1-2H3,(H,35,41)(H,37,39)(H,34,36,40)/t17?,19?,21-,22+,24?,25?/m1/s1. The first kappa shape index (κ1) is 31.2. The van der Waals surface area contributed by atoms with Gasteiger partial charge in [-0.2, -0.15) is 13.2 Å². The van der Waals surface area contributed by atoms with Gasteiger partial charge in [0.25, 0.3) is 5.91 Å². The van der Waals surface area contributed by atoms with Gasteiger partial charge in [0.1, 0.15) is 17.9 Å². The number of carbonyl (C=O) groups is 3. The van der Waals surface area contributed by atoms with Crippen LogP contribution in [-0.2, 0) is 14.3 Å². The molecule has 9 nitrogen and oxygen atoms in total. The predicted molar refractivity (Wildman–Crippen MR) is 146 cm³/mol. The smallest absolute Gasteiger partial charge is 0.382 e. The minimum absolute atomic E-state index is 0.0638. The van der Waals surface area contributed by atoms with Gasteiger partial charge in [0.15, 0.2) is 0 Å². The number of nitrogens with one attached hydrogen (secondary N) is 3. The second-order valence-corrected chi connectivity index (χ2v) is 10.9. The lowest BCUT2D eigenvalue weighted by Crippen LogP contribution is -2.50. The van der Waals surface area contributed by atoms with Gasteiger partial charge in [-0.25, -0.2) is 14.2 Å². The average molecular weight is 594 g/mol. The van der Waals surface area contributed by atoms with Gasteiger partial charge in [0, 0.05) is 13.3 Å². The van der Waals surface area contributed by atoms with Gasteiger partial charge in [-0.3, -0.25) is 9.59 Å². The quantitative estimate of drug-likeness (QED) is 0.346. The fourth-order valence-corrected chi connectivity index (χ4v) is 5.48. The van der Waals surface area contributed by atoms with E-state index in [2.05, 4.69) is 22.5 Å². The van der Waals surface area contributed by atoms with Crippen molar-refractivity contribution in [2.75, 3.05) is 25.6 Å². The van der Waals surface area contributed by atoms with Crippen LogP contribution in [0.2, 0.25) is 0 Å². The maximum absolute atomic E-state index is 15.0. The van der Waals surface area contributed by atoms with Crippen molar-refractivity contribution in [1.29, 1.82) is 0 Å². The number of carbonyl (C=O) groups excluding carboxylic acids is 3. The van der Waals surface area contributed by atoms with E-state index in [1.807, 2.05) is 5.32 Å². The molecule has 2 aromatic rings. The van der Waals surface area contributed by atoms with Crippen molar-refractivity contribution in [3.05, 3.63) is 59.8 Å². The van der Waals surface area contributed by atoms with Crippen molar-refractivity contribution in [2.45, 2.75) is 63.1 Å². The van der Waals surface area contributed by atoms with E-state index < -0.39 is 54.9 Å². The Labute approximate surface area is 241 Å². The Kier molecular flexibility index (Phi) is 10.0. The van der Waals surface area contributed by atoms with Crippen LogP contribution < -0.4 is 16.0 Å². The van der Waals surface area contributed by atoms with E-state index in [-0.39, 0.29) is 23.9 Å². The molecular weight excluding hydrogens is 558 g/mol. The number of benzene rings is 1. The fraction of sp³-hybridized carbons (Fsp3) is 0.517. The zero-order valence-electron chi connectivity index (χ0n) is 23.4. The first-order chi connectivity index (χ1) is 20.0. The number of rotatable bonds is 10. The number of hydrogen-bond acceptors (Lipinski definition) is 5. The summed E-state index contributed by atoms with van der Waals surface area (Å²) in [5, 5.41) is 7.23. The maximum atomic E-state index is 15.0. The number of alkyl halides is 4. The molecule has 1 aromatic heterocycles. The van der Waals surface area contributed by atoms with Crippen LogP contribution >= 0.6 is 0 Å². The minimum Gasteiger partial charge on any atom is -0.382 e. The van der Waals surface area contributed by atoms with E-state index in [4.69, 9.17) is 4.74 Å². The number of nitrogens with zero attached hydrogens (tertiary/aromatic N) is 2. The van der Waals surface area contributed by atoms with Gasteiger partial charge in [-0.15, -0.1) is 0 Å². The van der Waals surface area contributed by atoms with Crippen LogP contribution in [0.25, 0.3) is 0 Å². The number of aromatic nitrogens is 1. The lowest BCUT2D eigenvalue weighted by molar-refractivity contribution is -0.150. The number of amides is 4. The molecule has 2 aliphatic rings. The fourth-order valence-electron chi connectivity index (χ4n) is 5.48. The summed E-state index contributed by atoms with van der Waals surface area (Å²) in [5.41, 5.74) is 0.559. The van der Waals surface area contributed by atoms with Crippen molar-refractivity contribution in [2.24, 2.45) is 11.8 Å². The second-order valence-electron chi connectivity index (χ2n) is 10.9. The summed E-state index contributed by atoms with van der Waals surface area (Å²) in [6, 6.07) is 6.03. The Balaban J connectivity index is 1.53. The van der Waals surface area contributed by atoms with Crippen LogP contribution in [0.5, 0.6) is 0 Å². The molecule has 4 rings (SSSR count). The molecule has 0 radical (unpaired) electrons. The summed E-state index contributed by atoms with van der Waals surface area (Å²) in [6.45, 7) is 1.40. The first-order valence-corrected chi connectivity index (χ1v) is 13.9. The molecule has 4 amide bonds. The minimum atomic E-state index is -4.62. The SMILES string of the molecule is COC[C@H](c1ccnc(NC(=O)C(NC(=O)C(F)c2ccccc2)C2CCC(C)CC2)c1)N1C[C@@H](C(F)(F)F)NC1=O. The molecule has 13 heteroatoms. The lowest BCUT2D eigenvalue weighted by atomic mass is 9.79. The largest absolute Gasteiger partial charge is 0.410 e. The van der Waals surface area contributed by atoms with E-state index in [1.165, 1.54) is 37.6 Å². The molecule has 4 atom stereocenters. The van der Waals surface area contributed by atoms with Crippen LogP contribution in [0.4, 0.5) is 28.2 Å². The van der Waals surface area contributed by atoms with E-state index >= 15 is 4.39 Å². The molecule has 2 fully saturated rings. The summed E-state index contributed by atoms with van der Waals surface area (Å²) in [6.07, 6.45) is -2.20. The average Bonchev–Trinajstić information content (AvgIpc) is 3.37. The van der Waals surface area contributed by atoms with Gasteiger partial charge < -0.3 is 25.6 Å². The summed E-state index contributed by atoms with van der Waals surface area (Å²) in [5.74, 6) is -1.22. The van der Waals surface area contributed by atoms with E-state index in [1.54, 1.807) is 18.2 Å². The zero-order valence-corrected chi connectivity index (χ0v) is 23.4. The highest BCUT2D eigenvalue weighted by Crippen LogP contribution is 2.33. The van der Waals surface area contributed by atoms with Crippen molar-refractivity contribution >= 4 is 23.7 Å². The van der Waals surface area contributed by atoms with Gasteiger partial charge in [-0.05, 0) is 47.9 Å². The number of urea groups is 1.